The van der Waals surface area contributed by atoms with Crippen molar-refractivity contribution in [3.8, 4) is 16.8 Å². The zero-order valence-corrected chi connectivity index (χ0v) is 11.1. The Morgan fingerprint density at radius 1 is 1.56 bits per heavy atom. The van der Waals surface area contributed by atoms with Gasteiger partial charge in [0.05, 0.1) is 4.88 Å². The standard InChI is InChI=1S/C12H14N4OS/c1-16(2)6-5-14-11-9(8-13)15-12(17-11)10-4-3-7-18-10/h3-4,7,14H,5-6H2,1-2H3. The molecule has 1 N–H and O–H groups in total. The van der Waals surface area contributed by atoms with Crippen LogP contribution < -0.4 is 5.32 Å². The van der Waals surface area contributed by atoms with Crippen LogP contribution in [0, 0.1) is 11.3 Å². The number of nitrogens with one attached hydrogen (secondary N) is 1. The smallest absolute Gasteiger partial charge is 0.240 e. The molecule has 0 unspecified atom stereocenters. The fraction of sp³-hybridized carbons (Fsp3) is 0.333. The summed E-state index contributed by atoms with van der Waals surface area (Å²) in [6.45, 7) is 1.57. The van der Waals surface area contributed by atoms with Crippen LogP contribution in [-0.4, -0.2) is 37.1 Å². The number of hydrogen-bond acceptors (Lipinski definition) is 6. The van der Waals surface area contributed by atoms with E-state index in [2.05, 4.69) is 15.2 Å². The maximum absolute atomic E-state index is 9.02. The summed E-state index contributed by atoms with van der Waals surface area (Å²) in [5, 5.41) is 14.1. The second kappa shape index (κ2) is 5.67. The molecule has 6 heteroatoms. The van der Waals surface area contributed by atoms with Crippen molar-refractivity contribution >= 4 is 17.2 Å². The van der Waals surface area contributed by atoms with Gasteiger partial charge in [-0.2, -0.15) is 10.2 Å². The highest BCUT2D eigenvalue weighted by Crippen LogP contribution is 2.28. The highest BCUT2D eigenvalue weighted by atomic mass is 32.1. The van der Waals surface area contributed by atoms with E-state index in [1.807, 2.05) is 37.7 Å². The summed E-state index contributed by atoms with van der Waals surface area (Å²) in [6.07, 6.45) is 0. The molecule has 0 atom stereocenters. The van der Waals surface area contributed by atoms with Crippen molar-refractivity contribution in [3.05, 3.63) is 23.2 Å². The average Bonchev–Trinajstić information content (AvgIpc) is 2.96. The molecule has 0 saturated heterocycles. The molecule has 0 aliphatic rings. The lowest BCUT2D eigenvalue weighted by molar-refractivity contribution is 0.423. The van der Waals surface area contributed by atoms with Crippen molar-refractivity contribution in [2.24, 2.45) is 0 Å². The number of hydrogen-bond donors (Lipinski definition) is 1. The maximum Gasteiger partial charge on any atom is 0.240 e. The number of nitrogens with zero attached hydrogens (tertiary/aromatic N) is 3. The Hall–Kier alpha value is -1.84. The van der Waals surface area contributed by atoms with E-state index in [1.165, 1.54) is 11.3 Å². The molecule has 0 radical (unpaired) electrons. The SMILES string of the molecule is CN(C)CCNc1oc(-c2cccs2)nc1C#N. The Balaban J connectivity index is 2.13. The van der Waals surface area contributed by atoms with E-state index in [0.717, 1.165) is 11.4 Å². The Morgan fingerprint density at radius 2 is 2.39 bits per heavy atom. The Morgan fingerprint density at radius 3 is 3.00 bits per heavy atom. The fourth-order valence-corrected chi connectivity index (χ4v) is 2.06. The molecular weight excluding hydrogens is 248 g/mol. The second-order valence-electron chi connectivity index (χ2n) is 4.02. The molecule has 0 bridgehead atoms. The fourth-order valence-electron chi connectivity index (χ4n) is 1.41. The van der Waals surface area contributed by atoms with Crippen molar-refractivity contribution in [1.29, 1.82) is 5.26 Å². The van der Waals surface area contributed by atoms with Crippen molar-refractivity contribution in [2.45, 2.75) is 0 Å². The molecule has 18 heavy (non-hydrogen) atoms. The first-order valence-electron chi connectivity index (χ1n) is 5.54. The average molecular weight is 262 g/mol. The number of rotatable bonds is 5. The van der Waals surface area contributed by atoms with Crippen molar-refractivity contribution in [3.63, 3.8) is 0 Å². The molecule has 0 aliphatic carbocycles. The van der Waals surface area contributed by atoms with Gasteiger partial charge in [0.2, 0.25) is 17.5 Å². The molecule has 0 saturated carbocycles. The van der Waals surface area contributed by atoms with E-state index in [0.29, 0.717) is 24.0 Å². The van der Waals surface area contributed by atoms with Crippen LogP contribution in [0.2, 0.25) is 0 Å². The second-order valence-corrected chi connectivity index (χ2v) is 4.96. The van der Waals surface area contributed by atoms with Gasteiger partial charge in [0.1, 0.15) is 6.07 Å². The van der Waals surface area contributed by atoms with Gasteiger partial charge in [-0.15, -0.1) is 11.3 Å². The van der Waals surface area contributed by atoms with E-state index in [4.69, 9.17) is 9.68 Å². The van der Waals surface area contributed by atoms with Gasteiger partial charge in [-0.1, -0.05) is 6.07 Å². The predicted molar refractivity (Wildman–Crippen MR) is 71.6 cm³/mol. The number of aromatic nitrogens is 1. The lowest BCUT2D eigenvalue weighted by Crippen LogP contribution is -2.20. The first kappa shape index (κ1) is 12.6. The summed E-state index contributed by atoms with van der Waals surface area (Å²) in [7, 11) is 3.98. The largest absolute Gasteiger partial charge is 0.418 e. The maximum atomic E-state index is 9.02. The predicted octanol–water partition coefficient (Wildman–Crippen LogP) is 2.25. The van der Waals surface area contributed by atoms with Gasteiger partial charge in [-0.3, -0.25) is 0 Å². The van der Waals surface area contributed by atoms with Crippen LogP contribution in [0.15, 0.2) is 21.9 Å². The molecule has 0 amide bonds. The summed E-state index contributed by atoms with van der Waals surface area (Å²) in [4.78, 5) is 7.15. The number of oxazole rings is 1. The van der Waals surface area contributed by atoms with Crippen LogP contribution >= 0.6 is 11.3 Å². The lowest BCUT2D eigenvalue weighted by atomic mass is 10.4. The summed E-state index contributed by atoms with van der Waals surface area (Å²) in [6, 6.07) is 5.88. The monoisotopic (exact) mass is 262 g/mol. The minimum absolute atomic E-state index is 0.303. The molecule has 5 nitrogen and oxygen atoms in total. The van der Waals surface area contributed by atoms with Crippen molar-refractivity contribution in [1.82, 2.24) is 9.88 Å². The quantitative estimate of drug-likeness (QED) is 0.895. The van der Waals surface area contributed by atoms with Crippen molar-refractivity contribution < 1.29 is 4.42 Å². The minimum Gasteiger partial charge on any atom is -0.418 e. The topological polar surface area (TPSA) is 65.1 Å². The molecule has 2 rings (SSSR count). The van der Waals surface area contributed by atoms with Gasteiger partial charge in [0.25, 0.3) is 0 Å². The minimum atomic E-state index is 0.303. The zero-order valence-electron chi connectivity index (χ0n) is 10.3. The normalized spacial score (nSPS) is 10.6. The van der Waals surface area contributed by atoms with Crippen LogP contribution in [0.5, 0.6) is 0 Å². The van der Waals surface area contributed by atoms with E-state index in [1.54, 1.807) is 0 Å². The van der Waals surface area contributed by atoms with Gasteiger partial charge in [-0.05, 0) is 25.5 Å². The summed E-state index contributed by atoms with van der Waals surface area (Å²) in [5.74, 6) is 0.941. The molecule has 0 spiro atoms. The number of nitriles is 1. The van der Waals surface area contributed by atoms with Crippen LogP contribution in [-0.2, 0) is 0 Å². The Labute approximate surface area is 110 Å². The van der Waals surface area contributed by atoms with Gasteiger partial charge in [0, 0.05) is 13.1 Å². The van der Waals surface area contributed by atoms with Crippen LogP contribution in [0.4, 0.5) is 5.88 Å². The first-order valence-corrected chi connectivity index (χ1v) is 6.42. The van der Waals surface area contributed by atoms with Crippen LogP contribution in [0.25, 0.3) is 10.8 Å². The third kappa shape index (κ3) is 2.88. The zero-order chi connectivity index (χ0) is 13.0. The van der Waals surface area contributed by atoms with E-state index < -0.39 is 0 Å². The van der Waals surface area contributed by atoms with Crippen LogP contribution in [0.1, 0.15) is 5.69 Å². The Bertz CT molecular complexity index is 539. The third-order valence-electron chi connectivity index (χ3n) is 2.31. The van der Waals surface area contributed by atoms with E-state index >= 15 is 0 Å². The summed E-state index contributed by atoms with van der Waals surface area (Å²) < 4.78 is 5.58. The highest BCUT2D eigenvalue weighted by molar-refractivity contribution is 7.13. The summed E-state index contributed by atoms with van der Waals surface area (Å²) >= 11 is 1.54. The molecule has 2 aromatic heterocycles. The van der Waals surface area contributed by atoms with E-state index in [-0.39, 0.29) is 0 Å². The van der Waals surface area contributed by atoms with Crippen molar-refractivity contribution in [2.75, 3.05) is 32.5 Å². The molecule has 0 aromatic carbocycles. The molecule has 2 aromatic rings. The molecule has 94 valence electrons. The molecule has 2 heterocycles. The Kier molecular flexibility index (Phi) is 3.97. The molecular formula is C12H14N4OS. The van der Waals surface area contributed by atoms with Crippen LogP contribution in [0.3, 0.4) is 0 Å². The third-order valence-corrected chi connectivity index (χ3v) is 3.17. The first-order chi connectivity index (χ1) is 8.70. The number of anilines is 1. The van der Waals surface area contributed by atoms with Gasteiger partial charge < -0.3 is 14.6 Å². The van der Waals surface area contributed by atoms with Gasteiger partial charge >= 0.3 is 0 Å². The lowest BCUT2D eigenvalue weighted by Gasteiger charge is -2.09. The number of thiophene rings is 1. The number of likely N-dealkylation sites (N-methyl/N-ethyl adjacent to an activating group) is 1. The van der Waals surface area contributed by atoms with Gasteiger partial charge in [0.15, 0.2) is 0 Å². The molecule has 0 fully saturated rings. The van der Waals surface area contributed by atoms with E-state index in [9.17, 15) is 0 Å². The van der Waals surface area contributed by atoms with Gasteiger partial charge in [-0.25, -0.2) is 0 Å². The highest BCUT2D eigenvalue weighted by Gasteiger charge is 2.14. The molecule has 0 aliphatic heterocycles. The summed E-state index contributed by atoms with van der Waals surface area (Å²) in [5.41, 5.74) is 0.303.